The van der Waals surface area contributed by atoms with Crippen molar-refractivity contribution >= 4 is 42.0 Å². The van der Waals surface area contributed by atoms with Crippen LogP contribution < -0.4 is 37.6 Å². The first-order valence-corrected chi connectivity index (χ1v) is 17.1. The average Bonchev–Trinajstić information content (AvgIpc) is 2.95. The molecular formula is C33H61N7O11. The molecule has 294 valence electrons. The molecule has 51 heavy (non-hydrogen) atoms. The van der Waals surface area contributed by atoms with Crippen molar-refractivity contribution in [1.82, 2.24) is 31.9 Å². The summed E-state index contributed by atoms with van der Waals surface area (Å²) >= 11 is 0. The van der Waals surface area contributed by atoms with Crippen LogP contribution in [0.2, 0.25) is 0 Å². The van der Waals surface area contributed by atoms with Crippen LogP contribution in [0.1, 0.15) is 108 Å². The molecule has 0 aliphatic carbocycles. The Kier molecular flexibility index (Phi) is 19.9. The molecule has 0 radical (unpaired) electrons. The number of carbonyl (C=O) groups is 7. The molecule has 0 aromatic carbocycles. The first-order chi connectivity index (χ1) is 23.3. The summed E-state index contributed by atoms with van der Waals surface area (Å²) in [6, 6.07) is -4.73. The summed E-state index contributed by atoms with van der Waals surface area (Å²) in [6.45, 7) is 17.2. The van der Waals surface area contributed by atoms with Crippen molar-refractivity contribution in [2.75, 3.05) is 19.6 Å². The first kappa shape index (κ1) is 46.6. The third-order valence-corrected chi connectivity index (χ3v) is 6.37. The molecule has 18 heteroatoms. The van der Waals surface area contributed by atoms with Gasteiger partial charge in [-0.1, -0.05) is 0 Å². The van der Waals surface area contributed by atoms with Crippen LogP contribution in [0.3, 0.4) is 0 Å². The Hall–Kier alpha value is -4.35. The van der Waals surface area contributed by atoms with Crippen LogP contribution in [0.5, 0.6) is 0 Å². The highest BCUT2D eigenvalue weighted by molar-refractivity contribution is 5.93. The normalized spacial score (nSPS) is 14.0. The molecule has 0 rings (SSSR count). The zero-order chi connectivity index (χ0) is 39.6. The van der Waals surface area contributed by atoms with E-state index in [1.807, 2.05) is 0 Å². The van der Waals surface area contributed by atoms with E-state index in [1.165, 1.54) is 6.92 Å². The Morgan fingerprint density at radius 1 is 0.549 bits per heavy atom. The molecule has 6 amide bonds. The molecule has 4 unspecified atom stereocenters. The van der Waals surface area contributed by atoms with Crippen LogP contribution in [-0.2, 0) is 33.4 Å². The fourth-order valence-electron chi connectivity index (χ4n) is 4.06. The quantitative estimate of drug-likeness (QED) is 0.0698. The number of nitrogens with two attached hydrogens (primary N) is 1. The number of carboxylic acid groups (broad SMARTS) is 1. The second kappa shape index (κ2) is 21.8. The number of amides is 6. The summed E-state index contributed by atoms with van der Waals surface area (Å²) < 4.78 is 15.5. The highest BCUT2D eigenvalue weighted by Gasteiger charge is 2.28. The molecule has 4 atom stereocenters. The van der Waals surface area contributed by atoms with E-state index >= 15 is 0 Å². The number of rotatable bonds is 19. The van der Waals surface area contributed by atoms with Crippen molar-refractivity contribution < 1.29 is 52.9 Å². The maximum atomic E-state index is 13.3. The molecule has 0 saturated carbocycles. The second-order valence-corrected chi connectivity index (χ2v) is 15.0. The minimum Gasteiger partial charge on any atom is -0.480 e. The van der Waals surface area contributed by atoms with E-state index in [4.69, 9.17) is 19.9 Å². The van der Waals surface area contributed by atoms with Gasteiger partial charge in [0.05, 0.1) is 6.04 Å². The van der Waals surface area contributed by atoms with Gasteiger partial charge in [-0.05, 0) is 108 Å². The summed E-state index contributed by atoms with van der Waals surface area (Å²) in [5.74, 6) is -3.50. The molecule has 0 saturated heterocycles. The molecule has 0 aromatic heterocycles. The third kappa shape index (κ3) is 24.4. The van der Waals surface area contributed by atoms with E-state index in [0.29, 0.717) is 6.42 Å². The van der Waals surface area contributed by atoms with Gasteiger partial charge in [-0.2, -0.15) is 0 Å². The minimum absolute atomic E-state index is 0.0218. The van der Waals surface area contributed by atoms with Crippen LogP contribution in [0.15, 0.2) is 0 Å². The highest BCUT2D eigenvalue weighted by atomic mass is 16.6. The van der Waals surface area contributed by atoms with E-state index in [-0.39, 0.29) is 51.7 Å². The lowest BCUT2D eigenvalue weighted by Gasteiger charge is -2.24. The minimum atomic E-state index is -1.31. The fourth-order valence-corrected chi connectivity index (χ4v) is 4.06. The third-order valence-electron chi connectivity index (χ3n) is 6.37. The molecule has 9 N–H and O–H groups in total. The molecular weight excluding hydrogens is 670 g/mol. The largest absolute Gasteiger partial charge is 0.480 e. The van der Waals surface area contributed by atoms with Crippen molar-refractivity contribution in [2.45, 2.75) is 149 Å². The SMILES string of the molecule is CC(NC(=O)C(CCCNC(=O)OC(C)(C)C)NC(=O)C(N)CCCNC(=O)OC(C)(C)C)C(=O)NC(CCCNC(=O)OC(C)(C)C)C(=O)O. The summed E-state index contributed by atoms with van der Waals surface area (Å²) in [7, 11) is 0. The summed E-state index contributed by atoms with van der Waals surface area (Å²) in [5.41, 5.74) is 3.97. The van der Waals surface area contributed by atoms with Crippen LogP contribution >= 0.6 is 0 Å². The Morgan fingerprint density at radius 2 is 0.902 bits per heavy atom. The molecule has 0 fully saturated rings. The van der Waals surface area contributed by atoms with E-state index in [9.17, 15) is 38.7 Å². The number of alkyl carbamates (subject to hydrolysis) is 3. The van der Waals surface area contributed by atoms with Gasteiger partial charge in [-0.15, -0.1) is 0 Å². The lowest BCUT2D eigenvalue weighted by atomic mass is 10.1. The number of hydrogen-bond acceptors (Lipinski definition) is 11. The molecule has 0 aliphatic rings. The van der Waals surface area contributed by atoms with Crippen LogP contribution in [0, 0.1) is 0 Å². The number of hydrogen-bond donors (Lipinski definition) is 8. The smallest absolute Gasteiger partial charge is 0.407 e. The maximum absolute atomic E-state index is 13.3. The number of carboxylic acids is 1. The predicted molar refractivity (Wildman–Crippen MR) is 187 cm³/mol. The zero-order valence-corrected chi connectivity index (χ0v) is 31.8. The number of nitrogens with one attached hydrogen (secondary N) is 6. The summed E-state index contributed by atoms with van der Waals surface area (Å²) in [4.78, 5) is 86.6. The lowest BCUT2D eigenvalue weighted by molar-refractivity contribution is -0.142. The molecule has 0 heterocycles. The van der Waals surface area contributed by atoms with Gasteiger partial charge >= 0.3 is 24.2 Å². The van der Waals surface area contributed by atoms with E-state index in [2.05, 4.69) is 31.9 Å². The van der Waals surface area contributed by atoms with E-state index in [0.717, 1.165) is 0 Å². The first-order valence-electron chi connectivity index (χ1n) is 17.1. The predicted octanol–water partition coefficient (Wildman–Crippen LogP) is 1.79. The molecule has 0 bridgehead atoms. The Labute approximate surface area is 300 Å². The van der Waals surface area contributed by atoms with Gasteiger partial charge in [0.15, 0.2) is 0 Å². The topological polar surface area (TPSA) is 266 Å². The van der Waals surface area contributed by atoms with Crippen LogP contribution in [-0.4, -0.2) is 108 Å². The summed E-state index contributed by atoms with van der Waals surface area (Å²) in [5, 5.41) is 24.7. The Morgan fingerprint density at radius 3 is 1.27 bits per heavy atom. The summed E-state index contributed by atoms with van der Waals surface area (Å²) in [6.07, 6.45) is -0.973. The molecule has 18 nitrogen and oxygen atoms in total. The molecule has 0 spiro atoms. The van der Waals surface area contributed by atoms with Gasteiger partial charge in [0.2, 0.25) is 17.7 Å². The van der Waals surface area contributed by atoms with Gasteiger partial charge in [-0.3, -0.25) is 14.4 Å². The number of carbonyl (C=O) groups excluding carboxylic acids is 6. The van der Waals surface area contributed by atoms with Gasteiger partial charge in [0.1, 0.15) is 34.9 Å². The monoisotopic (exact) mass is 731 g/mol. The van der Waals surface area contributed by atoms with Crippen molar-refractivity contribution in [3.05, 3.63) is 0 Å². The van der Waals surface area contributed by atoms with E-state index in [1.54, 1.807) is 62.3 Å². The Balaban J connectivity index is 5.30. The van der Waals surface area contributed by atoms with Crippen molar-refractivity contribution in [3.63, 3.8) is 0 Å². The van der Waals surface area contributed by atoms with E-state index < -0.39 is 82.9 Å². The molecule has 0 aromatic rings. The fraction of sp³-hybridized carbons (Fsp3) is 0.788. The highest BCUT2D eigenvalue weighted by Crippen LogP contribution is 2.09. The van der Waals surface area contributed by atoms with Crippen molar-refractivity contribution in [1.29, 1.82) is 0 Å². The van der Waals surface area contributed by atoms with Crippen molar-refractivity contribution in [3.8, 4) is 0 Å². The van der Waals surface area contributed by atoms with Crippen LogP contribution in [0.4, 0.5) is 14.4 Å². The standard InChI is InChI=1S/C33H61N7O11/c1-20(24(41)40-23(27(44)45)16-13-19-37-30(48)51-33(8,9)10)38-26(43)22(15-12-18-36-29(47)50-32(5,6)7)39-25(42)21(34)14-11-17-35-28(46)49-31(2,3)4/h20-23H,11-19,34H2,1-10H3,(H,35,46)(H,36,47)(H,37,48)(H,38,43)(H,39,42)(H,40,41)(H,44,45). The number of aliphatic carboxylic acids is 1. The maximum Gasteiger partial charge on any atom is 0.407 e. The van der Waals surface area contributed by atoms with Gasteiger partial charge < -0.3 is 57.0 Å². The van der Waals surface area contributed by atoms with Gasteiger partial charge in [0.25, 0.3) is 0 Å². The van der Waals surface area contributed by atoms with Gasteiger partial charge in [0, 0.05) is 19.6 Å². The zero-order valence-electron chi connectivity index (χ0n) is 31.8. The van der Waals surface area contributed by atoms with Crippen molar-refractivity contribution in [2.24, 2.45) is 5.73 Å². The number of ether oxygens (including phenoxy) is 3. The Bertz CT molecular complexity index is 1180. The molecule has 0 aliphatic heterocycles. The average molecular weight is 732 g/mol. The lowest BCUT2D eigenvalue weighted by Crippen LogP contribution is -2.56. The van der Waals surface area contributed by atoms with Crippen LogP contribution in [0.25, 0.3) is 0 Å². The van der Waals surface area contributed by atoms with Gasteiger partial charge in [-0.25, -0.2) is 19.2 Å². The second-order valence-electron chi connectivity index (χ2n) is 15.0.